The molecular weight excluding hydrogens is 272 g/mol. The normalized spacial score (nSPS) is 21.0. The molecule has 2 heterocycles. The molecule has 2 rings (SSSR count). The molecule has 7 nitrogen and oxygen atoms in total. The summed E-state index contributed by atoms with van der Waals surface area (Å²) in [6, 6.07) is -0.781. The molecule has 0 spiro atoms. The van der Waals surface area contributed by atoms with Gasteiger partial charge in [0.25, 0.3) is 0 Å². The zero-order valence-electron chi connectivity index (χ0n) is 12.7. The van der Waals surface area contributed by atoms with Gasteiger partial charge < -0.3 is 15.2 Å². The smallest absolute Gasteiger partial charge is 0.410 e. The fourth-order valence-corrected chi connectivity index (χ4v) is 2.15. The molecule has 7 heteroatoms. The maximum atomic E-state index is 12.3. The number of hydrogen-bond acceptors (Lipinski definition) is 6. The molecule has 1 fully saturated rings. The van der Waals surface area contributed by atoms with Gasteiger partial charge in [-0.15, -0.1) is 0 Å². The minimum absolute atomic E-state index is 0.315. The molecule has 1 saturated heterocycles. The van der Waals surface area contributed by atoms with Gasteiger partial charge in [0.15, 0.2) is 0 Å². The lowest BCUT2D eigenvalue weighted by Gasteiger charge is -2.39. The first-order valence-electron chi connectivity index (χ1n) is 6.97. The molecule has 0 saturated carbocycles. The van der Waals surface area contributed by atoms with E-state index in [4.69, 9.17) is 15.2 Å². The van der Waals surface area contributed by atoms with Crippen molar-refractivity contribution in [3.05, 3.63) is 24.3 Å². The molecule has 0 aromatic carbocycles. The predicted molar refractivity (Wildman–Crippen MR) is 76.5 cm³/mol. The lowest BCUT2D eigenvalue weighted by atomic mass is 10.0. The molecule has 2 unspecified atom stereocenters. The van der Waals surface area contributed by atoms with Crippen LogP contribution in [0.25, 0.3) is 0 Å². The Balaban J connectivity index is 2.13. The van der Waals surface area contributed by atoms with E-state index in [2.05, 4.69) is 9.97 Å². The van der Waals surface area contributed by atoms with Crippen molar-refractivity contribution in [2.24, 2.45) is 5.73 Å². The van der Waals surface area contributed by atoms with Gasteiger partial charge >= 0.3 is 6.09 Å². The number of nitrogens with zero attached hydrogens (tertiary/aromatic N) is 3. The molecule has 1 aromatic heterocycles. The van der Waals surface area contributed by atoms with Crippen LogP contribution in [-0.4, -0.2) is 52.4 Å². The minimum Gasteiger partial charge on any atom is -0.444 e. The third kappa shape index (κ3) is 4.12. The largest absolute Gasteiger partial charge is 0.444 e. The maximum absolute atomic E-state index is 12.3. The molecule has 116 valence electrons. The van der Waals surface area contributed by atoms with Gasteiger partial charge in [0.05, 0.1) is 37.2 Å². The van der Waals surface area contributed by atoms with Crippen molar-refractivity contribution in [2.75, 3.05) is 19.8 Å². The van der Waals surface area contributed by atoms with Crippen LogP contribution in [0.1, 0.15) is 32.5 Å². The summed E-state index contributed by atoms with van der Waals surface area (Å²) in [6.07, 6.45) is 4.39. The van der Waals surface area contributed by atoms with Crippen molar-refractivity contribution in [1.82, 2.24) is 14.9 Å². The van der Waals surface area contributed by atoms with Crippen LogP contribution in [0.2, 0.25) is 0 Å². The van der Waals surface area contributed by atoms with Crippen LogP contribution in [-0.2, 0) is 9.47 Å². The van der Waals surface area contributed by atoms with Crippen LogP contribution in [0.4, 0.5) is 4.79 Å². The van der Waals surface area contributed by atoms with Crippen molar-refractivity contribution in [3.63, 3.8) is 0 Å². The zero-order chi connectivity index (χ0) is 15.5. The average Bonchev–Trinajstić information content (AvgIpc) is 2.45. The number of morpholine rings is 1. The van der Waals surface area contributed by atoms with Gasteiger partial charge in [0, 0.05) is 18.9 Å². The van der Waals surface area contributed by atoms with Gasteiger partial charge in [-0.3, -0.25) is 14.9 Å². The van der Waals surface area contributed by atoms with Crippen LogP contribution < -0.4 is 5.73 Å². The minimum atomic E-state index is -0.545. The molecule has 0 radical (unpaired) electrons. The molecule has 0 aliphatic carbocycles. The number of amides is 1. The summed E-state index contributed by atoms with van der Waals surface area (Å²) in [4.78, 5) is 22.1. The van der Waals surface area contributed by atoms with Gasteiger partial charge in [-0.05, 0) is 20.8 Å². The van der Waals surface area contributed by atoms with Crippen molar-refractivity contribution >= 4 is 6.09 Å². The number of hydrogen-bond donors (Lipinski definition) is 1. The van der Waals surface area contributed by atoms with Gasteiger partial charge in [-0.1, -0.05) is 0 Å². The zero-order valence-corrected chi connectivity index (χ0v) is 12.7. The van der Waals surface area contributed by atoms with E-state index in [1.165, 1.54) is 0 Å². The maximum Gasteiger partial charge on any atom is 0.410 e. The van der Waals surface area contributed by atoms with E-state index < -0.39 is 11.6 Å². The number of ether oxygens (including phenoxy) is 2. The molecule has 0 bridgehead atoms. The Morgan fingerprint density at radius 3 is 2.90 bits per heavy atom. The Morgan fingerprint density at radius 1 is 1.52 bits per heavy atom. The van der Waals surface area contributed by atoms with Crippen LogP contribution in [0.5, 0.6) is 0 Å². The molecule has 21 heavy (non-hydrogen) atoms. The number of rotatable bonds is 2. The second kappa shape index (κ2) is 6.36. The second-order valence-electron chi connectivity index (χ2n) is 5.97. The third-order valence-electron chi connectivity index (χ3n) is 3.13. The molecule has 1 amide bonds. The Hall–Kier alpha value is -1.73. The van der Waals surface area contributed by atoms with Gasteiger partial charge in [-0.2, -0.15) is 0 Å². The highest BCUT2D eigenvalue weighted by Crippen LogP contribution is 2.22. The summed E-state index contributed by atoms with van der Waals surface area (Å²) >= 11 is 0. The SMILES string of the molecule is CC(C)(C)OC(=O)N1CCOCC1C(N)c1cnccn1. The number of aromatic nitrogens is 2. The Kier molecular flexibility index (Phi) is 4.74. The van der Waals surface area contributed by atoms with Crippen LogP contribution in [0.3, 0.4) is 0 Å². The first kappa shape index (κ1) is 15.7. The van der Waals surface area contributed by atoms with Crippen LogP contribution in [0.15, 0.2) is 18.6 Å². The molecule has 1 aliphatic heterocycles. The molecule has 1 aromatic rings. The molecule has 2 N–H and O–H groups in total. The number of carbonyl (C=O) groups excluding carboxylic acids is 1. The Bertz CT molecular complexity index is 475. The van der Waals surface area contributed by atoms with Crippen LogP contribution >= 0.6 is 0 Å². The van der Waals surface area contributed by atoms with Gasteiger partial charge in [0.1, 0.15) is 5.60 Å². The number of carbonyl (C=O) groups is 1. The highest BCUT2D eigenvalue weighted by Gasteiger charge is 2.35. The summed E-state index contributed by atoms with van der Waals surface area (Å²) in [7, 11) is 0. The van der Waals surface area contributed by atoms with Gasteiger partial charge in [-0.25, -0.2) is 4.79 Å². The highest BCUT2D eigenvalue weighted by molar-refractivity contribution is 5.68. The van der Waals surface area contributed by atoms with E-state index in [1.54, 1.807) is 23.5 Å². The van der Waals surface area contributed by atoms with E-state index in [0.29, 0.717) is 25.5 Å². The second-order valence-corrected chi connectivity index (χ2v) is 5.97. The molecular formula is C14H22N4O3. The highest BCUT2D eigenvalue weighted by atomic mass is 16.6. The monoisotopic (exact) mass is 294 g/mol. The standard InChI is InChI=1S/C14H22N4O3/c1-14(2,3)21-13(19)18-6-7-20-9-11(18)12(15)10-8-16-4-5-17-10/h4-5,8,11-12H,6-7,9,15H2,1-3H3. The summed E-state index contributed by atoms with van der Waals surface area (Å²) in [6.45, 7) is 6.79. The fraction of sp³-hybridized carbons (Fsp3) is 0.643. The summed E-state index contributed by atoms with van der Waals surface area (Å²) in [5.74, 6) is 0. The fourth-order valence-electron chi connectivity index (χ4n) is 2.15. The Morgan fingerprint density at radius 2 is 2.29 bits per heavy atom. The van der Waals surface area contributed by atoms with Crippen molar-refractivity contribution in [1.29, 1.82) is 0 Å². The van der Waals surface area contributed by atoms with Crippen molar-refractivity contribution in [3.8, 4) is 0 Å². The summed E-state index contributed by atoms with van der Waals surface area (Å²) in [5.41, 5.74) is 6.31. The Labute approximate surface area is 124 Å². The lowest BCUT2D eigenvalue weighted by molar-refractivity contribution is -0.0385. The lowest BCUT2D eigenvalue weighted by Crippen LogP contribution is -2.54. The first-order valence-corrected chi connectivity index (χ1v) is 6.97. The molecule has 1 aliphatic rings. The van der Waals surface area contributed by atoms with E-state index in [1.807, 2.05) is 20.8 Å². The molecule has 2 atom stereocenters. The average molecular weight is 294 g/mol. The van der Waals surface area contributed by atoms with Crippen molar-refractivity contribution < 1.29 is 14.3 Å². The van der Waals surface area contributed by atoms with Gasteiger partial charge in [0.2, 0.25) is 0 Å². The summed E-state index contributed by atoms with van der Waals surface area (Å²) < 4.78 is 10.9. The predicted octanol–water partition coefficient (Wildman–Crippen LogP) is 1.11. The topological polar surface area (TPSA) is 90.6 Å². The van der Waals surface area contributed by atoms with Crippen molar-refractivity contribution in [2.45, 2.75) is 38.5 Å². The van der Waals surface area contributed by atoms with Crippen LogP contribution in [0, 0.1) is 0 Å². The van der Waals surface area contributed by atoms with E-state index in [9.17, 15) is 4.79 Å². The third-order valence-corrected chi connectivity index (χ3v) is 3.13. The van der Waals surface area contributed by atoms with E-state index in [-0.39, 0.29) is 12.1 Å². The summed E-state index contributed by atoms with van der Waals surface area (Å²) in [5, 5.41) is 0. The first-order chi connectivity index (χ1) is 9.88. The number of nitrogens with two attached hydrogens (primary N) is 1. The quantitative estimate of drug-likeness (QED) is 0.878. The van der Waals surface area contributed by atoms with E-state index >= 15 is 0 Å². The van der Waals surface area contributed by atoms with E-state index in [0.717, 1.165) is 0 Å².